The number of carbonyl (C=O) groups is 2. The number of carbonyl (C=O) groups excluding carboxylic acids is 2. The van der Waals surface area contributed by atoms with Gasteiger partial charge < -0.3 is 24.2 Å². The van der Waals surface area contributed by atoms with Crippen LogP contribution in [0.3, 0.4) is 0 Å². The van der Waals surface area contributed by atoms with Crippen molar-refractivity contribution in [2.75, 3.05) is 34.0 Å². The van der Waals surface area contributed by atoms with Crippen LogP contribution in [0.2, 0.25) is 0 Å². The quantitative estimate of drug-likeness (QED) is 0.278. The minimum atomic E-state index is -0.926. The molecule has 1 fully saturated rings. The van der Waals surface area contributed by atoms with Gasteiger partial charge in [0, 0.05) is 13.7 Å². The molecule has 1 aliphatic heterocycles. The van der Waals surface area contributed by atoms with Crippen LogP contribution in [0.5, 0.6) is 11.5 Å². The number of hydrogen-bond acceptors (Lipinski definition) is 6. The molecule has 1 heterocycles. The third-order valence-corrected chi connectivity index (χ3v) is 5.03. The van der Waals surface area contributed by atoms with E-state index in [9.17, 15) is 19.1 Å². The summed E-state index contributed by atoms with van der Waals surface area (Å²) < 4.78 is 29.8. The fourth-order valence-electron chi connectivity index (χ4n) is 3.59. The number of Topliss-reactive ketones (excluding diaryl/α,β-unsaturated/α-hetero) is 1. The van der Waals surface area contributed by atoms with E-state index in [1.807, 2.05) is 0 Å². The maximum atomic E-state index is 13.9. The van der Waals surface area contributed by atoms with Gasteiger partial charge in [0.25, 0.3) is 11.7 Å². The lowest BCUT2D eigenvalue weighted by molar-refractivity contribution is -0.140. The first-order valence-corrected chi connectivity index (χ1v) is 9.87. The van der Waals surface area contributed by atoms with Crippen LogP contribution < -0.4 is 9.47 Å². The van der Waals surface area contributed by atoms with E-state index in [-0.39, 0.29) is 36.6 Å². The minimum absolute atomic E-state index is 0.0266. The number of amides is 1. The van der Waals surface area contributed by atoms with E-state index in [0.717, 1.165) is 6.07 Å². The van der Waals surface area contributed by atoms with Crippen molar-refractivity contribution in [3.8, 4) is 11.5 Å². The number of methoxy groups -OCH3 is 2. The van der Waals surface area contributed by atoms with Gasteiger partial charge in [-0.15, -0.1) is 0 Å². The lowest BCUT2D eigenvalue weighted by Gasteiger charge is -2.25. The van der Waals surface area contributed by atoms with E-state index >= 15 is 0 Å². The smallest absolute Gasteiger partial charge is 0.295 e. The Balaban J connectivity index is 2.20. The van der Waals surface area contributed by atoms with Gasteiger partial charge in [-0.1, -0.05) is 24.8 Å². The summed E-state index contributed by atoms with van der Waals surface area (Å²) in [7, 11) is 2.84. The molecule has 0 radical (unpaired) electrons. The lowest BCUT2D eigenvalue weighted by Crippen LogP contribution is -2.32. The summed E-state index contributed by atoms with van der Waals surface area (Å²) in [5, 5.41) is 11.1. The molecular formula is C24H24FNO6. The molecule has 168 valence electrons. The number of aliphatic hydroxyl groups excluding tert-OH is 1. The molecule has 1 atom stereocenters. The van der Waals surface area contributed by atoms with Crippen LogP contribution in [0.4, 0.5) is 4.39 Å². The van der Waals surface area contributed by atoms with Crippen LogP contribution in [0.15, 0.2) is 60.7 Å². The number of hydrogen-bond donors (Lipinski definition) is 1. The van der Waals surface area contributed by atoms with Gasteiger partial charge >= 0.3 is 0 Å². The average Bonchev–Trinajstić information content (AvgIpc) is 3.05. The molecule has 32 heavy (non-hydrogen) atoms. The number of benzene rings is 2. The third kappa shape index (κ3) is 4.50. The Morgan fingerprint density at radius 2 is 2.00 bits per heavy atom. The Hall–Kier alpha value is -3.65. The molecule has 1 aliphatic rings. The Kier molecular flexibility index (Phi) is 7.27. The molecule has 2 aromatic rings. The number of likely N-dealkylation sites (tertiary alicyclic amines) is 1. The molecule has 2 aromatic carbocycles. The molecule has 7 nitrogen and oxygen atoms in total. The maximum absolute atomic E-state index is 13.9. The molecular weight excluding hydrogens is 417 g/mol. The SMILES string of the molecule is C=CCOc1cccc(C2/C(=C(\O)c3cc(F)ccc3OC)C(=O)C(=O)N2CCOC)c1. The Labute approximate surface area is 185 Å². The zero-order valence-corrected chi connectivity index (χ0v) is 17.8. The van der Waals surface area contributed by atoms with Crippen molar-refractivity contribution in [2.24, 2.45) is 0 Å². The van der Waals surface area contributed by atoms with Gasteiger partial charge in [0.15, 0.2) is 0 Å². The van der Waals surface area contributed by atoms with E-state index in [0.29, 0.717) is 11.3 Å². The first-order valence-electron chi connectivity index (χ1n) is 9.87. The van der Waals surface area contributed by atoms with Crippen molar-refractivity contribution in [1.82, 2.24) is 4.90 Å². The summed E-state index contributed by atoms with van der Waals surface area (Å²) >= 11 is 0. The van der Waals surface area contributed by atoms with Gasteiger partial charge in [-0.3, -0.25) is 9.59 Å². The molecule has 8 heteroatoms. The molecule has 1 N–H and O–H groups in total. The zero-order chi connectivity index (χ0) is 23.3. The number of ether oxygens (including phenoxy) is 3. The minimum Gasteiger partial charge on any atom is -0.507 e. The van der Waals surface area contributed by atoms with Crippen molar-refractivity contribution in [2.45, 2.75) is 6.04 Å². The Morgan fingerprint density at radius 3 is 2.69 bits per heavy atom. The van der Waals surface area contributed by atoms with Gasteiger partial charge in [0.2, 0.25) is 0 Å². The molecule has 1 saturated heterocycles. The van der Waals surface area contributed by atoms with Gasteiger partial charge in [-0.25, -0.2) is 4.39 Å². The van der Waals surface area contributed by atoms with Crippen LogP contribution in [0.1, 0.15) is 17.2 Å². The highest BCUT2D eigenvalue weighted by molar-refractivity contribution is 6.46. The highest BCUT2D eigenvalue weighted by Crippen LogP contribution is 2.41. The molecule has 1 unspecified atom stereocenters. The summed E-state index contributed by atoms with van der Waals surface area (Å²) in [5.41, 5.74) is 0.343. The molecule has 0 spiro atoms. The van der Waals surface area contributed by atoms with Crippen LogP contribution in [-0.4, -0.2) is 55.7 Å². The molecule has 0 saturated carbocycles. The van der Waals surface area contributed by atoms with Gasteiger partial charge in [0.05, 0.1) is 30.9 Å². The van der Waals surface area contributed by atoms with E-state index in [1.165, 1.54) is 31.3 Å². The first-order chi connectivity index (χ1) is 15.4. The predicted octanol–water partition coefficient (Wildman–Crippen LogP) is 3.47. The van der Waals surface area contributed by atoms with Gasteiger partial charge in [-0.05, 0) is 35.9 Å². The summed E-state index contributed by atoms with van der Waals surface area (Å²) in [6.45, 7) is 4.18. The largest absolute Gasteiger partial charge is 0.507 e. The molecule has 0 bridgehead atoms. The van der Waals surface area contributed by atoms with Crippen molar-refractivity contribution in [3.63, 3.8) is 0 Å². The molecule has 1 amide bonds. The monoisotopic (exact) mass is 441 g/mol. The second-order valence-corrected chi connectivity index (χ2v) is 7.00. The number of rotatable bonds is 9. The number of nitrogens with zero attached hydrogens (tertiary/aromatic N) is 1. The summed E-state index contributed by atoms with van der Waals surface area (Å²) in [5.74, 6) is -2.16. The number of halogens is 1. The second kappa shape index (κ2) is 10.1. The topological polar surface area (TPSA) is 85.3 Å². The number of ketones is 1. The van der Waals surface area contributed by atoms with Crippen LogP contribution >= 0.6 is 0 Å². The second-order valence-electron chi connectivity index (χ2n) is 7.00. The van der Waals surface area contributed by atoms with E-state index in [1.54, 1.807) is 30.3 Å². The average molecular weight is 441 g/mol. The fraction of sp³-hybridized carbons (Fsp3) is 0.250. The van der Waals surface area contributed by atoms with Crippen LogP contribution in [0, 0.1) is 5.82 Å². The normalized spacial score (nSPS) is 17.5. The van der Waals surface area contributed by atoms with Crippen LogP contribution in [0.25, 0.3) is 5.76 Å². The molecule has 3 rings (SSSR count). The van der Waals surface area contributed by atoms with Gasteiger partial charge in [0.1, 0.15) is 29.7 Å². The first kappa shape index (κ1) is 23.0. The van der Waals surface area contributed by atoms with Crippen LogP contribution in [-0.2, 0) is 14.3 Å². The highest BCUT2D eigenvalue weighted by atomic mass is 19.1. The van der Waals surface area contributed by atoms with Crippen molar-refractivity contribution < 1.29 is 33.3 Å². The predicted molar refractivity (Wildman–Crippen MR) is 116 cm³/mol. The molecule has 0 aliphatic carbocycles. The highest BCUT2D eigenvalue weighted by Gasteiger charge is 2.46. The van der Waals surface area contributed by atoms with Crippen molar-refractivity contribution in [1.29, 1.82) is 0 Å². The standard InChI is InChI=1S/C24H24FNO6/c1-4-11-32-17-7-5-6-15(13-17)21-20(23(28)24(29)26(21)10-12-30-2)22(27)18-14-16(25)8-9-19(18)31-3/h4-9,13-14,21,27H,1,10-12H2,2-3H3/b22-20+. The van der Waals surface area contributed by atoms with E-state index in [2.05, 4.69) is 6.58 Å². The lowest BCUT2D eigenvalue weighted by atomic mass is 9.94. The van der Waals surface area contributed by atoms with E-state index < -0.39 is 29.3 Å². The van der Waals surface area contributed by atoms with Crippen molar-refractivity contribution >= 4 is 17.4 Å². The third-order valence-electron chi connectivity index (χ3n) is 5.03. The van der Waals surface area contributed by atoms with Crippen molar-refractivity contribution in [3.05, 3.63) is 77.6 Å². The van der Waals surface area contributed by atoms with Gasteiger partial charge in [-0.2, -0.15) is 0 Å². The Bertz CT molecular complexity index is 1060. The molecule has 0 aromatic heterocycles. The number of aliphatic hydroxyl groups is 1. The fourth-order valence-corrected chi connectivity index (χ4v) is 3.59. The summed E-state index contributed by atoms with van der Waals surface area (Å²) in [6.07, 6.45) is 1.59. The van der Waals surface area contributed by atoms with E-state index in [4.69, 9.17) is 14.2 Å². The Morgan fingerprint density at radius 1 is 1.22 bits per heavy atom. The summed E-state index contributed by atoms with van der Waals surface area (Å²) in [4.78, 5) is 27.2. The zero-order valence-electron chi connectivity index (χ0n) is 17.8. The summed E-state index contributed by atoms with van der Waals surface area (Å²) in [6, 6.07) is 9.47. The maximum Gasteiger partial charge on any atom is 0.295 e.